The Bertz CT molecular complexity index is 324. The number of halogens is 1. The summed E-state index contributed by atoms with van der Waals surface area (Å²) in [5, 5.41) is 0. The normalized spacial score (nSPS) is 11.4. The maximum absolute atomic E-state index is 12.6. The van der Waals surface area contributed by atoms with Crippen molar-refractivity contribution in [3.05, 3.63) is 35.6 Å². The molecule has 76 valence electrons. The van der Waals surface area contributed by atoms with Crippen LogP contribution < -0.4 is 5.73 Å². The average molecular weight is 195 g/mol. The van der Waals surface area contributed by atoms with Crippen LogP contribution >= 0.6 is 0 Å². The molecule has 0 radical (unpaired) electrons. The van der Waals surface area contributed by atoms with E-state index in [1.807, 2.05) is 0 Å². The fourth-order valence-electron chi connectivity index (χ4n) is 1.15. The fraction of sp³-hybridized carbons (Fsp3) is 0.364. The monoisotopic (exact) mass is 195 g/mol. The Balaban J connectivity index is 2.76. The van der Waals surface area contributed by atoms with Crippen LogP contribution in [0.15, 0.2) is 24.3 Å². The topological polar surface area (TPSA) is 43.1 Å². The second-order valence-corrected chi connectivity index (χ2v) is 4.10. The SMILES string of the molecule is CC(C)(N)CC(=O)c1ccc(F)cc1. The van der Waals surface area contributed by atoms with Crippen molar-refractivity contribution < 1.29 is 9.18 Å². The minimum absolute atomic E-state index is 0.0579. The Labute approximate surface area is 82.9 Å². The van der Waals surface area contributed by atoms with Crippen LogP contribution in [-0.4, -0.2) is 11.3 Å². The highest BCUT2D eigenvalue weighted by molar-refractivity contribution is 5.96. The van der Waals surface area contributed by atoms with E-state index in [4.69, 9.17) is 5.73 Å². The van der Waals surface area contributed by atoms with Crippen LogP contribution in [0.2, 0.25) is 0 Å². The lowest BCUT2D eigenvalue weighted by molar-refractivity contribution is 0.0960. The van der Waals surface area contributed by atoms with E-state index < -0.39 is 5.54 Å². The minimum atomic E-state index is -0.522. The smallest absolute Gasteiger partial charge is 0.164 e. The molecule has 1 rings (SSSR count). The Hall–Kier alpha value is -1.22. The maximum atomic E-state index is 12.6. The maximum Gasteiger partial charge on any atom is 0.164 e. The first-order valence-corrected chi connectivity index (χ1v) is 4.46. The van der Waals surface area contributed by atoms with Gasteiger partial charge in [0.15, 0.2) is 5.78 Å². The van der Waals surface area contributed by atoms with Crippen molar-refractivity contribution in [1.82, 2.24) is 0 Å². The van der Waals surface area contributed by atoms with Crippen LogP contribution in [-0.2, 0) is 0 Å². The first-order chi connectivity index (χ1) is 6.38. The quantitative estimate of drug-likeness (QED) is 0.751. The van der Waals surface area contributed by atoms with Crippen molar-refractivity contribution in [2.75, 3.05) is 0 Å². The van der Waals surface area contributed by atoms with E-state index in [2.05, 4.69) is 0 Å². The highest BCUT2D eigenvalue weighted by Gasteiger charge is 2.17. The lowest BCUT2D eigenvalue weighted by Gasteiger charge is -2.16. The summed E-state index contributed by atoms with van der Waals surface area (Å²) < 4.78 is 12.6. The molecule has 0 unspecified atom stereocenters. The van der Waals surface area contributed by atoms with Crippen molar-refractivity contribution in [1.29, 1.82) is 0 Å². The Morgan fingerprint density at radius 3 is 2.29 bits per heavy atom. The van der Waals surface area contributed by atoms with Gasteiger partial charge in [-0.25, -0.2) is 4.39 Å². The third kappa shape index (κ3) is 3.26. The highest BCUT2D eigenvalue weighted by Crippen LogP contribution is 2.11. The van der Waals surface area contributed by atoms with Gasteiger partial charge in [-0.15, -0.1) is 0 Å². The molecule has 2 nitrogen and oxygen atoms in total. The number of hydrogen-bond donors (Lipinski definition) is 1. The van der Waals surface area contributed by atoms with Crippen LogP contribution in [0.5, 0.6) is 0 Å². The minimum Gasteiger partial charge on any atom is -0.325 e. The van der Waals surface area contributed by atoms with Crippen LogP contribution in [0.25, 0.3) is 0 Å². The van der Waals surface area contributed by atoms with Crippen LogP contribution in [0.1, 0.15) is 30.6 Å². The number of carbonyl (C=O) groups excluding carboxylic acids is 1. The van der Waals surface area contributed by atoms with Gasteiger partial charge < -0.3 is 5.73 Å². The number of carbonyl (C=O) groups is 1. The van der Waals surface area contributed by atoms with Gasteiger partial charge in [-0.05, 0) is 38.1 Å². The molecule has 0 aromatic heterocycles. The predicted molar refractivity (Wildman–Crippen MR) is 53.6 cm³/mol. The fourth-order valence-corrected chi connectivity index (χ4v) is 1.15. The molecule has 1 aromatic carbocycles. The number of benzene rings is 1. The van der Waals surface area contributed by atoms with Gasteiger partial charge in [0.2, 0.25) is 0 Å². The average Bonchev–Trinajstić information content (AvgIpc) is 2.02. The van der Waals surface area contributed by atoms with E-state index in [9.17, 15) is 9.18 Å². The molecule has 0 saturated heterocycles. The molecule has 0 aliphatic carbocycles. The van der Waals surface area contributed by atoms with Gasteiger partial charge >= 0.3 is 0 Å². The van der Waals surface area contributed by atoms with Gasteiger partial charge in [0.25, 0.3) is 0 Å². The number of Topliss-reactive ketones (excluding diaryl/α,β-unsaturated/α-hetero) is 1. The second kappa shape index (κ2) is 3.88. The first-order valence-electron chi connectivity index (χ1n) is 4.46. The first kappa shape index (κ1) is 10.9. The lowest BCUT2D eigenvalue weighted by Crippen LogP contribution is -2.34. The zero-order chi connectivity index (χ0) is 10.8. The largest absolute Gasteiger partial charge is 0.325 e. The molecule has 2 N–H and O–H groups in total. The summed E-state index contributed by atoms with van der Waals surface area (Å²) in [6.07, 6.45) is 0.263. The van der Waals surface area contributed by atoms with Crippen molar-refractivity contribution in [3.8, 4) is 0 Å². The molecular formula is C11H14FNO. The Kier molecular flexibility index (Phi) is 3.01. The van der Waals surface area contributed by atoms with E-state index in [0.29, 0.717) is 5.56 Å². The lowest BCUT2D eigenvalue weighted by atomic mass is 9.95. The standard InChI is InChI=1S/C11H14FNO/c1-11(2,13)7-10(14)8-3-5-9(12)6-4-8/h3-6H,7,13H2,1-2H3. The zero-order valence-corrected chi connectivity index (χ0v) is 8.38. The number of rotatable bonds is 3. The molecule has 0 heterocycles. The van der Waals surface area contributed by atoms with Crippen molar-refractivity contribution in [2.24, 2.45) is 5.73 Å². The van der Waals surface area contributed by atoms with Crippen LogP contribution in [0.4, 0.5) is 4.39 Å². The van der Waals surface area contributed by atoms with Gasteiger partial charge in [0, 0.05) is 17.5 Å². The Morgan fingerprint density at radius 1 is 1.36 bits per heavy atom. The Morgan fingerprint density at radius 2 is 1.86 bits per heavy atom. The second-order valence-electron chi connectivity index (χ2n) is 4.10. The third-order valence-corrected chi connectivity index (χ3v) is 1.78. The van der Waals surface area contributed by atoms with Crippen LogP contribution in [0, 0.1) is 5.82 Å². The predicted octanol–water partition coefficient (Wildman–Crippen LogP) is 2.14. The van der Waals surface area contributed by atoms with Gasteiger partial charge in [-0.3, -0.25) is 4.79 Å². The van der Waals surface area contributed by atoms with Gasteiger partial charge in [0.1, 0.15) is 5.82 Å². The van der Waals surface area contributed by atoms with Gasteiger partial charge in [-0.1, -0.05) is 0 Å². The van der Waals surface area contributed by atoms with E-state index >= 15 is 0 Å². The number of ketones is 1. The zero-order valence-electron chi connectivity index (χ0n) is 8.38. The molecule has 14 heavy (non-hydrogen) atoms. The summed E-state index contributed by atoms with van der Waals surface area (Å²) in [6.45, 7) is 3.57. The van der Waals surface area contributed by atoms with Crippen molar-refractivity contribution in [3.63, 3.8) is 0 Å². The summed E-state index contributed by atoms with van der Waals surface area (Å²) in [4.78, 5) is 11.6. The van der Waals surface area contributed by atoms with Crippen LogP contribution in [0.3, 0.4) is 0 Å². The molecule has 0 atom stereocenters. The molecule has 0 aliphatic rings. The summed E-state index contributed by atoms with van der Waals surface area (Å²) >= 11 is 0. The third-order valence-electron chi connectivity index (χ3n) is 1.78. The summed E-state index contributed by atoms with van der Waals surface area (Å²) in [5.41, 5.74) is 5.69. The molecule has 0 bridgehead atoms. The van der Waals surface area contributed by atoms with Gasteiger partial charge in [-0.2, -0.15) is 0 Å². The summed E-state index contributed by atoms with van der Waals surface area (Å²) in [7, 11) is 0. The number of hydrogen-bond acceptors (Lipinski definition) is 2. The summed E-state index contributed by atoms with van der Waals surface area (Å²) in [5.74, 6) is -0.397. The highest BCUT2D eigenvalue weighted by atomic mass is 19.1. The van der Waals surface area contributed by atoms with Gasteiger partial charge in [0.05, 0.1) is 0 Å². The van der Waals surface area contributed by atoms with E-state index in [1.54, 1.807) is 13.8 Å². The molecular weight excluding hydrogens is 181 g/mol. The molecule has 3 heteroatoms. The van der Waals surface area contributed by atoms with E-state index in [-0.39, 0.29) is 18.0 Å². The van der Waals surface area contributed by atoms with E-state index in [1.165, 1.54) is 24.3 Å². The molecule has 0 fully saturated rings. The molecule has 1 aromatic rings. The van der Waals surface area contributed by atoms with Crippen molar-refractivity contribution >= 4 is 5.78 Å². The molecule has 0 aliphatic heterocycles. The summed E-state index contributed by atoms with van der Waals surface area (Å²) in [6, 6.07) is 5.50. The van der Waals surface area contributed by atoms with E-state index in [0.717, 1.165) is 0 Å². The molecule has 0 spiro atoms. The molecule has 0 saturated carbocycles. The molecule has 0 amide bonds. The number of nitrogens with two attached hydrogens (primary N) is 1. The van der Waals surface area contributed by atoms with Crippen molar-refractivity contribution in [2.45, 2.75) is 25.8 Å².